The molecule has 5 heteroatoms. The third-order valence-electron chi connectivity index (χ3n) is 3.22. The smallest absolute Gasteiger partial charge is 0.411 e. The highest BCUT2D eigenvalue weighted by Gasteiger charge is 2.36. The zero-order chi connectivity index (χ0) is 16.0. The summed E-state index contributed by atoms with van der Waals surface area (Å²) in [6, 6.07) is -0.541. The Bertz CT molecular complexity index is 386. The summed E-state index contributed by atoms with van der Waals surface area (Å²) in [4.78, 5) is 26.0. The fraction of sp³-hybridized carbons (Fsp3) is 0.750. The Labute approximate surface area is 127 Å². The largest absolute Gasteiger partial charge is 0.461 e. The van der Waals surface area contributed by atoms with Gasteiger partial charge in [0.25, 0.3) is 0 Å². The average Bonchev–Trinajstić information content (AvgIpc) is 2.36. The molecule has 0 aliphatic carbocycles. The van der Waals surface area contributed by atoms with Crippen molar-refractivity contribution in [2.24, 2.45) is 0 Å². The first kappa shape index (κ1) is 17.5. The van der Waals surface area contributed by atoms with Crippen molar-refractivity contribution in [1.29, 1.82) is 0 Å². The van der Waals surface area contributed by atoms with E-state index in [1.807, 2.05) is 27.7 Å². The van der Waals surface area contributed by atoms with Crippen LogP contribution in [0.15, 0.2) is 12.7 Å². The van der Waals surface area contributed by atoms with Crippen molar-refractivity contribution in [2.45, 2.75) is 71.1 Å². The van der Waals surface area contributed by atoms with E-state index in [-0.39, 0.29) is 12.1 Å². The molecule has 0 spiro atoms. The monoisotopic (exact) mass is 297 g/mol. The van der Waals surface area contributed by atoms with Gasteiger partial charge in [0.05, 0.1) is 0 Å². The lowest BCUT2D eigenvalue weighted by Gasteiger charge is -2.35. The van der Waals surface area contributed by atoms with E-state index in [1.54, 1.807) is 6.08 Å². The fourth-order valence-electron chi connectivity index (χ4n) is 2.28. The maximum absolute atomic E-state index is 12.3. The number of piperidine rings is 1. The Hall–Kier alpha value is -1.52. The van der Waals surface area contributed by atoms with Gasteiger partial charge in [-0.25, -0.2) is 9.59 Å². The summed E-state index contributed by atoms with van der Waals surface area (Å²) in [5.41, 5.74) is -0.570. The highest BCUT2D eigenvalue weighted by Crippen LogP contribution is 2.22. The molecule has 21 heavy (non-hydrogen) atoms. The predicted octanol–water partition coefficient (Wildman–Crippen LogP) is 3.28. The van der Waals surface area contributed by atoms with Crippen LogP contribution in [-0.2, 0) is 14.3 Å². The number of esters is 1. The second-order valence-electron chi connectivity index (χ2n) is 6.46. The number of amides is 1. The van der Waals surface area contributed by atoms with Gasteiger partial charge in [-0.1, -0.05) is 6.08 Å². The van der Waals surface area contributed by atoms with Crippen LogP contribution in [0, 0.1) is 0 Å². The number of carbonyl (C=O) groups is 2. The normalized spacial score (nSPS) is 20.6. The zero-order valence-electron chi connectivity index (χ0n) is 13.6. The summed E-state index contributed by atoms with van der Waals surface area (Å²) in [6.45, 7) is 11.4. The molecule has 1 saturated heterocycles. The molecule has 0 N–H and O–H groups in total. The van der Waals surface area contributed by atoms with Crippen LogP contribution in [0.5, 0.6) is 0 Å². The van der Waals surface area contributed by atoms with Crippen LogP contribution >= 0.6 is 0 Å². The highest BCUT2D eigenvalue weighted by molar-refractivity contribution is 5.82. The van der Waals surface area contributed by atoms with Crippen LogP contribution in [-0.4, -0.2) is 41.3 Å². The van der Waals surface area contributed by atoms with Crippen molar-refractivity contribution in [2.75, 3.05) is 6.54 Å². The molecule has 1 rings (SSSR count). The molecule has 120 valence electrons. The van der Waals surface area contributed by atoms with Crippen LogP contribution in [0.3, 0.4) is 0 Å². The lowest BCUT2D eigenvalue weighted by molar-refractivity contribution is -0.155. The van der Waals surface area contributed by atoms with Crippen LogP contribution < -0.4 is 0 Å². The van der Waals surface area contributed by atoms with Crippen molar-refractivity contribution in [3.8, 4) is 0 Å². The van der Waals surface area contributed by atoms with E-state index in [0.29, 0.717) is 19.4 Å². The molecule has 1 aliphatic rings. The molecule has 0 aromatic carbocycles. The van der Waals surface area contributed by atoms with Crippen LogP contribution in [0.2, 0.25) is 0 Å². The number of likely N-dealkylation sites (tertiary alicyclic amines) is 1. The SMILES string of the molecule is C=CC[C@H](C)OC(=O)[C@@H]1CCCCN1C(=O)OC(C)(C)C. The van der Waals surface area contributed by atoms with Gasteiger partial charge in [-0.2, -0.15) is 0 Å². The number of hydrogen-bond acceptors (Lipinski definition) is 4. The molecule has 0 bridgehead atoms. The summed E-state index contributed by atoms with van der Waals surface area (Å²) in [5, 5.41) is 0. The average molecular weight is 297 g/mol. The van der Waals surface area contributed by atoms with Crippen LogP contribution in [0.1, 0.15) is 53.4 Å². The number of carbonyl (C=O) groups excluding carboxylic acids is 2. The third kappa shape index (κ3) is 5.78. The second-order valence-corrected chi connectivity index (χ2v) is 6.46. The molecule has 1 aliphatic heterocycles. The molecular weight excluding hydrogens is 270 g/mol. The minimum Gasteiger partial charge on any atom is -0.461 e. The van der Waals surface area contributed by atoms with Crippen molar-refractivity contribution in [3.05, 3.63) is 12.7 Å². The highest BCUT2D eigenvalue weighted by atomic mass is 16.6. The van der Waals surface area contributed by atoms with E-state index in [2.05, 4.69) is 6.58 Å². The van der Waals surface area contributed by atoms with Gasteiger partial charge in [0, 0.05) is 13.0 Å². The first-order valence-corrected chi connectivity index (χ1v) is 7.55. The van der Waals surface area contributed by atoms with Crippen molar-refractivity contribution in [1.82, 2.24) is 4.90 Å². The van der Waals surface area contributed by atoms with Gasteiger partial charge in [-0.05, 0) is 47.0 Å². The molecule has 0 saturated carbocycles. The Balaban J connectivity index is 2.70. The summed E-state index contributed by atoms with van der Waals surface area (Å²) >= 11 is 0. The number of ether oxygens (including phenoxy) is 2. The quantitative estimate of drug-likeness (QED) is 0.590. The third-order valence-corrected chi connectivity index (χ3v) is 3.22. The summed E-state index contributed by atoms with van der Waals surface area (Å²) < 4.78 is 10.8. The molecule has 1 amide bonds. The number of rotatable bonds is 4. The second kappa shape index (κ2) is 7.48. The van der Waals surface area contributed by atoms with E-state index in [1.165, 1.54) is 4.90 Å². The van der Waals surface area contributed by atoms with Gasteiger partial charge in [0.2, 0.25) is 0 Å². The maximum Gasteiger partial charge on any atom is 0.411 e. The summed E-state index contributed by atoms with van der Waals surface area (Å²) in [5.74, 6) is -0.352. The van der Waals surface area contributed by atoms with E-state index in [9.17, 15) is 9.59 Å². The van der Waals surface area contributed by atoms with Gasteiger partial charge < -0.3 is 9.47 Å². The molecule has 0 aromatic heterocycles. The molecule has 0 radical (unpaired) electrons. The maximum atomic E-state index is 12.3. The fourth-order valence-corrected chi connectivity index (χ4v) is 2.28. The minimum absolute atomic E-state index is 0.225. The summed E-state index contributed by atoms with van der Waals surface area (Å²) in [6.07, 6.45) is 4.06. The van der Waals surface area contributed by atoms with Crippen LogP contribution in [0.4, 0.5) is 4.79 Å². The molecule has 0 aromatic rings. The molecular formula is C16H27NO4. The minimum atomic E-state index is -0.570. The van der Waals surface area contributed by atoms with E-state index in [4.69, 9.17) is 9.47 Å². The Morgan fingerprint density at radius 1 is 1.38 bits per heavy atom. The number of nitrogens with zero attached hydrogens (tertiary/aromatic N) is 1. The van der Waals surface area contributed by atoms with Gasteiger partial charge in [0.15, 0.2) is 0 Å². The Morgan fingerprint density at radius 3 is 2.62 bits per heavy atom. The summed E-state index contributed by atoms with van der Waals surface area (Å²) in [7, 11) is 0. The standard InChI is InChI=1S/C16H27NO4/c1-6-9-12(2)20-14(18)13-10-7-8-11-17(13)15(19)21-16(3,4)5/h6,12-13H,1,7-11H2,2-5H3/t12-,13-/m0/s1. The first-order valence-electron chi connectivity index (χ1n) is 7.55. The van der Waals surface area contributed by atoms with Gasteiger partial charge in [0.1, 0.15) is 17.7 Å². The van der Waals surface area contributed by atoms with Gasteiger partial charge in [-0.3, -0.25) is 4.90 Å². The zero-order valence-corrected chi connectivity index (χ0v) is 13.6. The predicted molar refractivity (Wildman–Crippen MR) is 80.9 cm³/mol. The molecule has 1 heterocycles. The molecule has 5 nitrogen and oxygen atoms in total. The molecule has 2 atom stereocenters. The lowest BCUT2D eigenvalue weighted by Crippen LogP contribution is -2.50. The van der Waals surface area contributed by atoms with E-state index in [0.717, 1.165) is 12.8 Å². The van der Waals surface area contributed by atoms with Gasteiger partial charge >= 0.3 is 12.1 Å². The van der Waals surface area contributed by atoms with E-state index < -0.39 is 17.7 Å². The van der Waals surface area contributed by atoms with Crippen molar-refractivity contribution in [3.63, 3.8) is 0 Å². The van der Waals surface area contributed by atoms with Crippen LogP contribution in [0.25, 0.3) is 0 Å². The molecule has 1 fully saturated rings. The molecule has 0 unspecified atom stereocenters. The van der Waals surface area contributed by atoms with Crippen molar-refractivity contribution < 1.29 is 19.1 Å². The topological polar surface area (TPSA) is 55.8 Å². The number of hydrogen-bond donors (Lipinski definition) is 0. The lowest BCUT2D eigenvalue weighted by atomic mass is 10.0. The Kier molecular flexibility index (Phi) is 6.24. The first-order chi connectivity index (χ1) is 9.74. The van der Waals surface area contributed by atoms with Gasteiger partial charge in [-0.15, -0.1) is 6.58 Å². The van der Waals surface area contributed by atoms with Crippen molar-refractivity contribution >= 4 is 12.1 Å². The van der Waals surface area contributed by atoms with E-state index >= 15 is 0 Å². The Morgan fingerprint density at radius 2 is 2.05 bits per heavy atom.